The van der Waals surface area contributed by atoms with E-state index in [4.69, 9.17) is 0 Å². The van der Waals surface area contributed by atoms with Crippen molar-refractivity contribution in [1.29, 1.82) is 0 Å². The van der Waals surface area contributed by atoms with Gasteiger partial charge in [0, 0.05) is 10.9 Å². The van der Waals surface area contributed by atoms with Gasteiger partial charge in [-0.25, -0.2) is 0 Å². The first kappa shape index (κ1) is 7.48. The Morgan fingerprint density at radius 1 is 1.30 bits per heavy atom. The second kappa shape index (κ2) is 3.52. The summed E-state index contributed by atoms with van der Waals surface area (Å²) in [5, 5.41) is 0.826. The lowest BCUT2D eigenvalue weighted by molar-refractivity contribution is 0.563. The van der Waals surface area contributed by atoms with Crippen LogP contribution in [0.1, 0.15) is 11.1 Å². The van der Waals surface area contributed by atoms with Crippen LogP contribution in [-0.4, -0.2) is 6.29 Å². The predicted molar refractivity (Wildman–Crippen MR) is 43.9 cm³/mol. The summed E-state index contributed by atoms with van der Waals surface area (Å²) in [4.78, 5) is 10.1. The number of hydrogen-bond acceptors (Lipinski definition) is 1. The Morgan fingerprint density at radius 3 is 2.30 bits per heavy atom. The zero-order valence-electron chi connectivity index (χ0n) is 5.30. The Labute approximate surface area is 68.2 Å². The molecule has 0 aliphatic rings. The maximum atomic E-state index is 10.1. The van der Waals surface area contributed by atoms with Crippen molar-refractivity contribution in [3.63, 3.8) is 0 Å². The summed E-state index contributed by atoms with van der Waals surface area (Å²) >= 11 is 3.31. The first-order valence-corrected chi connectivity index (χ1v) is 4.02. The summed E-state index contributed by atoms with van der Waals surface area (Å²) in [5.41, 5.74) is 1.77. The molecule has 0 heterocycles. The van der Waals surface area contributed by atoms with Crippen molar-refractivity contribution >= 4 is 22.2 Å². The van der Waals surface area contributed by atoms with Gasteiger partial charge in [0.1, 0.15) is 0 Å². The molecule has 0 atom stereocenters. The maximum absolute atomic E-state index is 10.1. The van der Waals surface area contributed by atoms with Crippen molar-refractivity contribution in [2.24, 2.45) is 0 Å². The fourth-order valence-corrected chi connectivity index (χ4v) is 1.04. The SMILES string of the molecule is O=[C]c1ccc(CBr)cc1. The highest BCUT2D eigenvalue weighted by molar-refractivity contribution is 9.08. The van der Waals surface area contributed by atoms with Gasteiger partial charge in [0.15, 0.2) is 0 Å². The molecule has 51 valence electrons. The van der Waals surface area contributed by atoms with E-state index in [0.717, 1.165) is 5.33 Å². The number of benzene rings is 1. The maximum Gasteiger partial charge on any atom is 0.233 e. The van der Waals surface area contributed by atoms with Crippen molar-refractivity contribution in [1.82, 2.24) is 0 Å². The second-order valence-electron chi connectivity index (χ2n) is 1.93. The van der Waals surface area contributed by atoms with Gasteiger partial charge in [0.2, 0.25) is 6.29 Å². The van der Waals surface area contributed by atoms with Crippen LogP contribution in [0.5, 0.6) is 0 Å². The average Bonchev–Trinajstić information content (AvgIpc) is 2.05. The molecular weight excluding hydrogens is 192 g/mol. The summed E-state index contributed by atoms with van der Waals surface area (Å²) < 4.78 is 0. The molecule has 0 spiro atoms. The third kappa shape index (κ3) is 1.67. The Bertz CT molecular complexity index is 215. The van der Waals surface area contributed by atoms with Crippen LogP contribution in [0.4, 0.5) is 0 Å². The van der Waals surface area contributed by atoms with Gasteiger partial charge in [-0.3, -0.25) is 4.79 Å². The summed E-state index contributed by atoms with van der Waals surface area (Å²) in [6.07, 6.45) is 1.81. The normalized spacial score (nSPS) is 9.30. The van der Waals surface area contributed by atoms with E-state index < -0.39 is 0 Å². The van der Waals surface area contributed by atoms with Crippen LogP contribution in [-0.2, 0) is 10.1 Å². The van der Waals surface area contributed by atoms with E-state index in [1.807, 2.05) is 18.4 Å². The molecule has 0 amide bonds. The van der Waals surface area contributed by atoms with Gasteiger partial charge in [-0.05, 0) is 5.56 Å². The highest BCUT2D eigenvalue weighted by Gasteiger charge is 1.90. The molecule has 1 aromatic rings. The minimum Gasteiger partial charge on any atom is -0.285 e. The Morgan fingerprint density at radius 2 is 1.90 bits per heavy atom. The Balaban J connectivity index is 2.90. The molecule has 1 radical (unpaired) electrons. The quantitative estimate of drug-likeness (QED) is 0.664. The van der Waals surface area contributed by atoms with Crippen LogP contribution in [0.15, 0.2) is 24.3 Å². The van der Waals surface area contributed by atoms with Crippen LogP contribution < -0.4 is 0 Å². The van der Waals surface area contributed by atoms with Gasteiger partial charge in [-0.2, -0.15) is 0 Å². The number of rotatable bonds is 2. The molecule has 0 saturated heterocycles. The minimum atomic E-state index is 0.602. The minimum absolute atomic E-state index is 0.602. The van der Waals surface area contributed by atoms with Gasteiger partial charge in [0.25, 0.3) is 0 Å². The number of hydrogen-bond donors (Lipinski definition) is 0. The summed E-state index contributed by atoms with van der Waals surface area (Å²) in [6, 6.07) is 7.30. The topological polar surface area (TPSA) is 17.1 Å². The lowest BCUT2D eigenvalue weighted by atomic mass is 10.2. The fourth-order valence-electron chi connectivity index (χ4n) is 0.662. The largest absolute Gasteiger partial charge is 0.285 e. The van der Waals surface area contributed by atoms with Gasteiger partial charge in [-0.1, -0.05) is 40.2 Å². The third-order valence-electron chi connectivity index (χ3n) is 1.23. The van der Waals surface area contributed by atoms with Gasteiger partial charge in [-0.15, -0.1) is 0 Å². The van der Waals surface area contributed by atoms with Crippen LogP contribution in [0.25, 0.3) is 0 Å². The van der Waals surface area contributed by atoms with E-state index in [1.165, 1.54) is 5.56 Å². The average molecular weight is 198 g/mol. The molecule has 0 aliphatic heterocycles. The summed E-state index contributed by atoms with van der Waals surface area (Å²) in [5.74, 6) is 0. The Kier molecular flexibility index (Phi) is 2.63. The van der Waals surface area contributed by atoms with E-state index in [1.54, 1.807) is 12.1 Å². The van der Waals surface area contributed by atoms with Crippen molar-refractivity contribution in [2.45, 2.75) is 5.33 Å². The van der Waals surface area contributed by atoms with Crippen molar-refractivity contribution in [2.75, 3.05) is 0 Å². The number of halogens is 1. The van der Waals surface area contributed by atoms with Crippen molar-refractivity contribution in [3.05, 3.63) is 35.4 Å². The molecule has 0 aliphatic carbocycles. The zero-order chi connectivity index (χ0) is 7.40. The van der Waals surface area contributed by atoms with Crippen LogP contribution in [0, 0.1) is 0 Å². The molecule has 0 bridgehead atoms. The highest BCUT2D eigenvalue weighted by Crippen LogP contribution is 2.05. The smallest absolute Gasteiger partial charge is 0.233 e. The first-order valence-electron chi connectivity index (χ1n) is 2.90. The van der Waals surface area contributed by atoms with Gasteiger partial charge < -0.3 is 0 Å². The Hall–Kier alpha value is -0.630. The van der Waals surface area contributed by atoms with Crippen LogP contribution >= 0.6 is 15.9 Å². The lowest BCUT2D eigenvalue weighted by Crippen LogP contribution is -1.80. The van der Waals surface area contributed by atoms with Crippen molar-refractivity contribution < 1.29 is 4.79 Å². The standard InChI is InChI=1S/C8H6BrO/c9-5-7-1-3-8(6-10)4-2-7/h1-4H,5H2. The van der Waals surface area contributed by atoms with E-state index >= 15 is 0 Å². The molecule has 0 N–H and O–H groups in total. The fraction of sp³-hybridized carbons (Fsp3) is 0.125. The number of alkyl halides is 1. The van der Waals surface area contributed by atoms with Crippen molar-refractivity contribution in [3.8, 4) is 0 Å². The third-order valence-corrected chi connectivity index (χ3v) is 1.87. The van der Waals surface area contributed by atoms with E-state index in [0.29, 0.717) is 5.56 Å². The molecule has 0 saturated carbocycles. The number of carbonyl (C=O) groups excluding carboxylic acids is 1. The summed E-state index contributed by atoms with van der Waals surface area (Å²) in [7, 11) is 0. The van der Waals surface area contributed by atoms with E-state index in [9.17, 15) is 4.79 Å². The van der Waals surface area contributed by atoms with Gasteiger partial charge >= 0.3 is 0 Å². The predicted octanol–water partition coefficient (Wildman–Crippen LogP) is 2.04. The molecule has 0 fully saturated rings. The molecule has 1 aromatic carbocycles. The second-order valence-corrected chi connectivity index (χ2v) is 2.49. The molecule has 1 nitrogen and oxygen atoms in total. The summed E-state index contributed by atoms with van der Waals surface area (Å²) in [6.45, 7) is 0. The van der Waals surface area contributed by atoms with E-state index in [-0.39, 0.29) is 0 Å². The lowest BCUT2D eigenvalue weighted by Gasteiger charge is -1.92. The van der Waals surface area contributed by atoms with Gasteiger partial charge in [0.05, 0.1) is 0 Å². The first-order chi connectivity index (χ1) is 4.86. The monoisotopic (exact) mass is 197 g/mol. The molecular formula is C8H6BrO. The van der Waals surface area contributed by atoms with Crippen LogP contribution in [0.3, 0.4) is 0 Å². The zero-order valence-corrected chi connectivity index (χ0v) is 6.89. The molecule has 0 unspecified atom stereocenters. The molecule has 1 rings (SSSR count). The van der Waals surface area contributed by atoms with Crippen LogP contribution in [0.2, 0.25) is 0 Å². The highest BCUT2D eigenvalue weighted by atomic mass is 79.9. The molecule has 2 heteroatoms. The molecule has 10 heavy (non-hydrogen) atoms. The molecule has 0 aromatic heterocycles. The van der Waals surface area contributed by atoms with E-state index in [2.05, 4.69) is 15.9 Å².